The predicted octanol–water partition coefficient (Wildman–Crippen LogP) is 2.33. The summed E-state index contributed by atoms with van der Waals surface area (Å²) >= 11 is 1.45. The van der Waals surface area contributed by atoms with E-state index >= 15 is 0 Å². The summed E-state index contributed by atoms with van der Waals surface area (Å²) in [6, 6.07) is 0. The fourth-order valence-corrected chi connectivity index (χ4v) is 2.72. The molecule has 1 aliphatic rings. The van der Waals surface area contributed by atoms with Crippen LogP contribution in [-0.4, -0.2) is 28.6 Å². The first-order valence-electron chi connectivity index (χ1n) is 6.01. The largest absolute Gasteiger partial charge is 0.378 e. The second kappa shape index (κ2) is 5.59. The molecule has 0 amide bonds. The summed E-state index contributed by atoms with van der Waals surface area (Å²) in [5, 5.41) is 4.31. The maximum absolute atomic E-state index is 5.66. The molecule has 0 radical (unpaired) electrons. The van der Waals surface area contributed by atoms with E-state index in [1.165, 1.54) is 11.5 Å². The molecule has 0 bridgehead atoms. The topological polar surface area (TPSA) is 47.0 Å². The Morgan fingerprint density at radius 1 is 1.50 bits per heavy atom. The molecule has 5 heteroatoms. The van der Waals surface area contributed by atoms with Gasteiger partial charge < -0.3 is 10.1 Å². The first-order valence-corrected chi connectivity index (χ1v) is 6.78. The molecule has 1 fully saturated rings. The van der Waals surface area contributed by atoms with Crippen molar-refractivity contribution in [2.24, 2.45) is 5.92 Å². The molecule has 1 N–H and O–H groups in total. The Kier molecular flexibility index (Phi) is 4.12. The van der Waals surface area contributed by atoms with Crippen LogP contribution in [0.3, 0.4) is 0 Å². The average Bonchev–Trinajstić information content (AvgIpc) is 2.94. The summed E-state index contributed by atoms with van der Waals surface area (Å²) in [5.41, 5.74) is 0. The highest BCUT2D eigenvalue weighted by Crippen LogP contribution is 2.24. The lowest BCUT2D eigenvalue weighted by atomic mass is 10.00. The van der Waals surface area contributed by atoms with Crippen LogP contribution in [0.4, 0.5) is 5.13 Å². The van der Waals surface area contributed by atoms with Gasteiger partial charge in [0.2, 0.25) is 5.13 Å². The van der Waals surface area contributed by atoms with Crippen LogP contribution in [0.2, 0.25) is 0 Å². The van der Waals surface area contributed by atoms with Crippen LogP contribution < -0.4 is 5.32 Å². The first kappa shape index (κ1) is 11.8. The summed E-state index contributed by atoms with van der Waals surface area (Å²) in [6.45, 7) is 6.12. The standard InChI is InChI=1S/C11H19N3OS/c1-3-9-8(5-6-15-9)7-12-11-13-10(4-2)14-16-11/h8-9H,3-7H2,1-2H3,(H,12,13,14). The summed E-state index contributed by atoms with van der Waals surface area (Å²) in [5.74, 6) is 1.56. The van der Waals surface area contributed by atoms with Crippen LogP contribution in [0, 0.1) is 5.92 Å². The molecule has 0 aromatic carbocycles. The zero-order chi connectivity index (χ0) is 11.4. The second-order valence-electron chi connectivity index (χ2n) is 4.12. The van der Waals surface area contributed by atoms with Crippen molar-refractivity contribution >= 4 is 16.7 Å². The van der Waals surface area contributed by atoms with Crippen LogP contribution in [0.1, 0.15) is 32.5 Å². The van der Waals surface area contributed by atoms with Crippen molar-refractivity contribution in [1.29, 1.82) is 0 Å². The Balaban J connectivity index is 1.82. The summed E-state index contributed by atoms with van der Waals surface area (Å²) in [7, 11) is 0. The van der Waals surface area contributed by atoms with Gasteiger partial charge in [0.25, 0.3) is 0 Å². The number of nitrogens with one attached hydrogen (secondary N) is 1. The number of ether oxygens (including phenoxy) is 1. The number of nitrogens with zero attached hydrogens (tertiary/aromatic N) is 2. The maximum atomic E-state index is 5.66. The number of hydrogen-bond donors (Lipinski definition) is 1. The summed E-state index contributed by atoms with van der Waals surface area (Å²) in [4.78, 5) is 4.40. The SMILES string of the molecule is CCc1nsc(NCC2CCOC2CC)n1. The van der Waals surface area contributed by atoms with Gasteiger partial charge >= 0.3 is 0 Å². The van der Waals surface area contributed by atoms with E-state index in [4.69, 9.17) is 4.74 Å². The Bertz CT molecular complexity index is 329. The zero-order valence-corrected chi connectivity index (χ0v) is 10.7. The molecule has 16 heavy (non-hydrogen) atoms. The number of anilines is 1. The van der Waals surface area contributed by atoms with Crippen LogP contribution in [0.25, 0.3) is 0 Å². The Labute approximate surface area is 101 Å². The van der Waals surface area contributed by atoms with Crippen LogP contribution in [-0.2, 0) is 11.2 Å². The number of aryl methyl sites for hydroxylation is 1. The third-order valence-electron chi connectivity index (χ3n) is 3.05. The van der Waals surface area contributed by atoms with Crippen molar-refractivity contribution < 1.29 is 4.74 Å². The van der Waals surface area contributed by atoms with Gasteiger partial charge in [-0.3, -0.25) is 0 Å². The Morgan fingerprint density at radius 3 is 3.06 bits per heavy atom. The lowest BCUT2D eigenvalue weighted by molar-refractivity contribution is 0.0900. The fraction of sp³-hybridized carbons (Fsp3) is 0.818. The fourth-order valence-electron chi connectivity index (χ4n) is 2.07. The molecule has 0 saturated carbocycles. The van der Waals surface area contributed by atoms with Crippen molar-refractivity contribution in [2.45, 2.75) is 39.2 Å². The molecule has 90 valence electrons. The van der Waals surface area contributed by atoms with Crippen LogP contribution in [0.15, 0.2) is 0 Å². The van der Waals surface area contributed by atoms with Gasteiger partial charge in [0, 0.05) is 37.0 Å². The number of rotatable bonds is 5. The van der Waals surface area contributed by atoms with Gasteiger partial charge in [-0.25, -0.2) is 4.98 Å². The number of aromatic nitrogens is 2. The molecule has 4 nitrogen and oxygen atoms in total. The van der Waals surface area contributed by atoms with Gasteiger partial charge in [-0.05, 0) is 12.8 Å². The molecule has 2 heterocycles. The van der Waals surface area contributed by atoms with Crippen molar-refractivity contribution in [1.82, 2.24) is 9.36 Å². The molecule has 1 saturated heterocycles. The molecule has 1 aromatic heterocycles. The third kappa shape index (κ3) is 2.71. The van der Waals surface area contributed by atoms with E-state index in [0.717, 1.165) is 43.4 Å². The molecular formula is C11H19N3OS. The van der Waals surface area contributed by atoms with E-state index in [-0.39, 0.29) is 0 Å². The van der Waals surface area contributed by atoms with E-state index in [9.17, 15) is 0 Å². The van der Waals surface area contributed by atoms with E-state index in [0.29, 0.717) is 12.0 Å². The van der Waals surface area contributed by atoms with E-state index < -0.39 is 0 Å². The minimum absolute atomic E-state index is 0.422. The molecule has 2 atom stereocenters. The maximum Gasteiger partial charge on any atom is 0.202 e. The summed E-state index contributed by atoms with van der Waals surface area (Å²) in [6.07, 6.45) is 3.58. The summed E-state index contributed by atoms with van der Waals surface area (Å²) < 4.78 is 9.91. The average molecular weight is 241 g/mol. The molecule has 2 rings (SSSR count). The predicted molar refractivity (Wildman–Crippen MR) is 65.9 cm³/mol. The van der Waals surface area contributed by atoms with E-state index in [2.05, 4.69) is 28.5 Å². The zero-order valence-electron chi connectivity index (χ0n) is 9.90. The van der Waals surface area contributed by atoms with Crippen molar-refractivity contribution in [3.8, 4) is 0 Å². The minimum atomic E-state index is 0.422. The monoisotopic (exact) mass is 241 g/mol. The smallest absolute Gasteiger partial charge is 0.202 e. The first-order chi connectivity index (χ1) is 7.83. The van der Waals surface area contributed by atoms with Crippen molar-refractivity contribution in [2.75, 3.05) is 18.5 Å². The molecule has 0 spiro atoms. The highest BCUT2D eigenvalue weighted by atomic mass is 32.1. The second-order valence-corrected chi connectivity index (χ2v) is 4.87. The highest BCUT2D eigenvalue weighted by molar-refractivity contribution is 7.09. The molecule has 2 unspecified atom stereocenters. The lowest BCUT2D eigenvalue weighted by Gasteiger charge is -2.16. The van der Waals surface area contributed by atoms with Gasteiger partial charge in [0.1, 0.15) is 5.82 Å². The third-order valence-corrected chi connectivity index (χ3v) is 3.76. The Morgan fingerprint density at radius 2 is 2.38 bits per heavy atom. The molecular weight excluding hydrogens is 222 g/mol. The normalized spacial score (nSPS) is 24.9. The molecule has 0 aliphatic carbocycles. The lowest BCUT2D eigenvalue weighted by Crippen LogP contribution is -2.22. The van der Waals surface area contributed by atoms with Gasteiger partial charge in [-0.1, -0.05) is 13.8 Å². The van der Waals surface area contributed by atoms with Crippen molar-refractivity contribution in [3.05, 3.63) is 5.82 Å². The molecule has 1 aromatic rings. The van der Waals surface area contributed by atoms with Gasteiger partial charge in [0.15, 0.2) is 0 Å². The minimum Gasteiger partial charge on any atom is -0.378 e. The highest BCUT2D eigenvalue weighted by Gasteiger charge is 2.26. The van der Waals surface area contributed by atoms with Crippen molar-refractivity contribution in [3.63, 3.8) is 0 Å². The van der Waals surface area contributed by atoms with Crippen LogP contribution >= 0.6 is 11.5 Å². The van der Waals surface area contributed by atoms with Gasteiger partial charge in [-0.15, -0.1) is 0 Å². The van der Waals surface area contributed by atoms with Gasteiger partial charge in [-0.2, -0.15) is 4.37 Å². The number of hydrogen-bond acceptors (Lipinski definition) is 5. The van der Waals surface area contributed by atoms with Crippen LogP contribution in [0.5, 0.6) is 0 Å². The molecule has 1 aliphatic heterocycles. The van der Waals surface area contributed by atoms with Gasteiger partial charge in [0.05, 0.1) is 6.10 Å². The Hall–Kier alpha value is -0.680. The van der Waals surface area contributed by atoms with E-state index in [1.54, 1.807) is 0 Å². The van der Waals surface area contributed by atoms with E-state index in [1.807, 2.05) is 0 Å². The quantitative estimate of drug-likeness (QED) is 0.859.